The van der Waals surface area contributed by atoms with Gasteiger partial charge >= 0.3 is 0 Å². The molecule has 1 aromatic heterocycles. The predicted octanol–water partition coefficient (Wildman–Crippen LogP) is 6.55. The largest absolute Gasteiger partial charge is 0.276 e. The van der Waals surface area contributed by atoms with Crippen molar-refractivity contribution in [2.24, 2.45) is 0 Å². The number of hydrogen-bond donors (Lipinski definition) is 1. The van der Waals surface area contributed by atoms with E-state index in [1.54, 1.807) is 11.8 Å². The third-order valence-corrected chi connectivity index (χ3v) is 5.23. The first-order valence-corrected chi connectivity index (χ1v) is 9.13. The minimum absolute atomic E-state index is 0.739. The molecule has 1 heterocycles. The van der Waals surface area contributed by atoms with Gasteiger partial charge in [0.25, 0.3) is 0 Å². The van der Waals surface area contributed by atoms with E-state index in [0.29, 0.717) is 0 Å². The number of halogens is 1. The summed E-state index contributed by atoms with van der Waals surface area (Å²) in [5.74, 6) is 0. The second-order valence-electron chi connectivity index (χ2n) is 5.56. The van der Waals surface area contributed by atoms with Crippen molar-refractivity contribution in [3.05, 3.63) is 90.0 Å². The average Bonchev–Trinajstić information content (AvgIpc) is 3.08. The van der Waals surface area contributed by atoms with Crippen molar-refractivity contribution in [2.75, 3.05) is 0 Å². The molecule has 2 nitrogen and oxygen atoms in total. The molecule has 4 heteroatoms. The molecule has 3 aromatic carbocycles. The molecule has 0 amide bonds. The van der Waals surface area contributed by atoms with Crippen LogP contribution in [0.4, 0.5) is 0 Å². The first-order chi connectivity index (χ1) is 12.3. The monoisotopic (exact) mass is 362 g/mol. The van der Waals surface area contributed by atoms with Crippen LogP contribution in [0.1, 0.15) is 0 Å². The zero-order chi connectivity index (χ0) is 17.1. The molecule has 4 aromatic rings. The fourth-order valence-corrected chi connectivity index (χ4v) is 3.80. The molecule has 4 rings (SSSR count). The lowest BCUT2D eigenvalue weighted by Crippen LogP contribution is -1.83. The summed E-state index contributed by atoms with van der Waals surface area (Å²) in [6, 6.07) is 28.4. The van der Waals surface area contributed by atoms with Gasteiger partial charge in [0, 0.05) is 21.0 Å². The third kappa shape index (κ3) is 3.48. The van der Waals surface area contributed by atoms with Crippen molar-refractivity contribution in [2.45, 2.75) is 9.79 Å². The molecule has 0 bridgehead atoms. The summed E-state index contributed by atoms with van der Waals surface area (Å²) in [5.41, 5.74) is 4.20. The van der Waals surface area contributed by atoms with Gasteiger partial charge in [-0.1, -0.05) is 84.0 Å². The topological polar surface area (TPSA) is 28.7 Å². The smallest absolute Gasteiger partial charge is 0.107 e. The van der Waals surface area contributed by atoms with E-state index in [1.807, 2.05) is 60.7 Å². The minimum atomic E-state index is 0.739. The maximum atomic E-state index is 6.02. The summed E-state index contributed by atoms with van der Waals surface area (Å²) in [6.07, 6.45) is 0. The zero-order valence-corrected chi connectivity index (χ0v) is 14.9. The lowest BCUT2D eigenvalue weighted by atomic mass is 10.1. The molecule has 0 unspecified atom stereocenters. The van der Waals surface area contributed by atoms with Gasteiger partial charge in [-0.2, -0.15) is 5.10 Å². The van der Waals surface area contributed by atoms with Crippen LogP contribution < -0.4 is 0 Å². The zero-order valence-electron chi connectivity index (χ0n) is 13.3. The van der Waals surface area contributed by atoms with Crippen LogP contribution in [-0.2, 0) is 0 Å². The molecule has 0 spiro atoms. The Hall–Kier alpha value is -2.49. The van der Waals surface area contributed by atoms with Crippen LogP contribution in [0.25, 0.3) is 22.5 Å². The predicted molar refractivity (Wildman–Crippen MR) is 105 cm³/mol. The van der Waals surface area contributed by atoms with Crippen LogP contribution in [0.2, 0.25) is 5.02 Å². The van der Waals surface area contributed by atoms with Gasteiger partial charge in [0.1, 0.15) is 5.69 Å². The number of nitrogens with one attached hydrogen (secondary N) is 1. The van der Waals surface area contributed by atoms with Crippen molar-refractivity contribution in [1.29, 1.82) is 0 Å². The molecule has 0 aliphatic carbocycles. The van der Waals surface area contributed by atoms with E-state index in [4.69, 9.17) is 11.6 Å². The first-order valence-electron chi connectivity index (χ1n) is 7.94. The molecule has 0 aliphatic heterocycles. The molecule has 0 atom stereocenters. The summed E-state index contributed by atoms with van der Waals surface area (Å²) in [4.78, 5) is 2.24. The number of H-pyrrole nitrogens is 1. The van der Waals surface area contributed by atoms with E-state index in [2.05, 4.69) is 34.5 Å². The summed E-state index contributed by atoms with van der Waals surface area (Å²) in [5, 5.41) is 8.57. The van der Waals surface area contributed by atoms with Crippen LogP contribution >= 0.6 is 23.4 Å². The molecular formula is C21H15ClN2S. The number of rotatable bonds is 4. The molecule has 25 heavy (non-hydrogen) atoms. The second kappa shape index (κ2) is 7.18. The van der Waals surface area contributed by atoms with E-state index in [-0.39, 0.29) is 0 Å². The number of nitrogens with zero attached hydrogens (tertiary/aromatic N) is 1. The summed E-state index contributed by atoms with van der Waals surface area (Å²) >= 11 is 7.71. The number of aromatic nitrogens is 2. The Labute approximate surface area is 155 Å². The van der Waals surface area contributed by atoms with Crippen LogP contribution in [0.15, 0.2) is 94.7 Å². The van der Waals surface area contributed by atoms with Gasteiger partial charge in [0.2, 0.25) is 0 Å². The normalized spacial score (nSPS) is 10.8. The average molecular weight is 363 g/mol. The maximum Gasteiger partial charge on any atom is 0.107 e. The van der Waals surface area contributed by atoms with Crippen molar-refractivity contribution in [3.63, 3.8) is 0 Å². The van der Waals surface area contributed by atoms with E-state index in [0.717, 1.165) is 37.3 Å². The number of hydrogen-bond acceptors (Lipinski definition) is 2. The van der Waals surface area contributed by atoms with Crippen molar-refractivity contribution in [1.82, 2.24) is 10.2 Å². The molecule has 0 radical (unpaired) electrons. The Morgan fingerprint density at radius 3 is 1.96 bits per heavy atom. The highest BCUT2D eigenvalue weighted by atomic mass is 35.5. The van der Waals surface area contributed by atoms with Gasteiger partial charge < -0.3 is 0 Å². The van der Waals surface area contributed by atoms with Gasteiger partial charge in [0.05, 0.1) is 10.6 Å². The SMILES string of the molecule is Clc1ccc(Sc2c(-c3ccccc3)n[nH]c2-c2ccccc2)cc1. The molecule has 1 N–H and O–H groups in total. The summed E-state index contributed by atoms with van der Waals surface area (Å²) in [7, 11) is 0. The fourth-order valence-electron chi connectivity index (χ4n) is 2.64. The number of benzene rings is 3. The Morgan fingerprint density at radius 2 is 1.32 bits per heavy atom. The van der Waals surface area contributed by atoms with Gasteiger partial charge in [-0.3, -0.25) is 5.10 Å². The van der Waals surface area contributed by atoms with Crippen molar-refractivity contribution < 1.29 is 0 Å². The molecule has 122 valence electrons. The lowest BCUT2D eigenvalue weighted by Gasteiger charge is -2.07. The van der Waals surface area contributed by atoms with Crippen LogP contribution in [0.5, 0.6) is 0 Å². The Morgan fingerprint density at radius 1 is 0.720 bits per heavy atom. The molecule has 0 saturated carbocycles. The van der Waals surface area contributed by atoms with Crippen molar-refractivity contribution >= 4 is 23.4 Å². The van der Waals surface area contributed by atoms with Crippen LogP contribution in [0.3, 0.4) is 0 Å². The molecule has 0 aliphatic rings. The third-order valence-electron chi connectivity index (χ3n) is 3.86. The molecular weight excluding hydrogens is 348 g/mol. The van der Waals surface area contributed by atoms with E-state index in [9.17, 15) is 0 Å². The lowest BCUT2D eigenvalue weighted by molar-refractivity contribution is 1.10. The summed E-state index contributed by atoms with van der Waals surface area (Å²) < 4.78 is 0. The van der Waals surface area contributed by atoms with E-state index < -0.39 is 0 Å². The minimum Gasteiger partial charge on any atom is -0.276 e. The standard InChI is InChI=1S/C21H15ClN2S/c22-17-11-13-18(14-12-17)25-21-19(15-7-3-1-4-8-15)23-24-20(21)16-9-5-2-6-10-16/h1-14H,(H,23,24). The Balaban J connectivity index is 1.83. The number of aromatic amines is 1. The van der Waals surface area contributed by atoms with Gasteiger partial charge in [-0.25, -0.2) is 0 Å². The van der Waals surface area contributed by atoms with E-state index in [1.165, 1.54) is 0 Å². The van der Waals surface area contributed by atoms with Gasteiger partial charge in [0.15, 0.2) is 0 Å². The molecule has 0 saturated heterocycles. The van der Waals surface area contributed by atoms with Gasteiger partial charge in [-0.15, -0.1) is 0 Å². The molecule has 0 fully saturated rings. The Kier molecular flexibility index (Phi) is 4.59. The highest BCUT2D eigenvalue weighted by Crippen LogP contribution is 2.41. The quantitative estimate of drug-likeness (QED) is 0.446. The highest BCUT2D eigenvalue weighted by molar-refractivity contribution is 7.99. The second-order valence-corrected chi connectivity index (χ2v) is 7.08. The van der Waals surface area contributed by atoms with Gasteiger partial charge in [-0.05, 0) is 24.3 Å². The van der Waals surface area contributed by atoms with Crippen LogP contribution in [-0.4, -0.2) is 10.2 Å². The summed E-state index contributed by atoms with van der Waals surface area (Å²) in [6.45, 7) is 0. The fraction of sp³-hybridized carbons (Fsp3) is 0. The van der Waals surface area contributed by atoms with Crippen LogP contribution in [0, 0.1) is 0 Å². The Bertz CT molecular complexity index is 907. The maximum absolute atomic E-state index is 6.02. The van der Waals surface area contributed by atoms with Crippen molar-refractivity contribution in [3.8, 4) is 22.5 Å². The first kappa shape index (κ1) is 16.0. The van der Waals surface area contributed by atoms with E-state index >= 15 is 0 Å². The highest BCUT2D eigenvalue weighted by Gasteiger charge is 2.17.